The zero-order valence-corrected chi connectivity index (χ0v) is 19.6. The van der Waals surface area contributed by atoms with Crippen molar-refractivity contribution in [1.82, 2.24) is 15.2 Å². The highest BCUT2D eigenvalue weighted by molar-refractivity contribution is 7.89. The van der Waals surface area contributed by atoms with Crippen LogP contribution < -0.4 is 15.8 Å². The number of sulfonamides is 1. The summed E-state index contributed by atoms with van der Waals surface area (Å²) < 4.78 is 29.0. The van der Waals surface area contributed by atoms with Gasteiger partial charge in [0.05, 0.1) is 4.90 Å². The van der Waals surface area contributed by atoms with E-state index in [1.165, 1.54) is 12.1 Å². The van der Waals surface area contributed by atoms with Gasteiger partial charge in [-0.25, -0.2) is 13.6 Å². The number of likely N-dealkylation sites (N-methyl/N-ethyl adjacent to an activating group) is 1. The average molecular weight is 480 g/mol. The van der Waals surface area contributed by atoms with E-state index in [2.05, 4.69) is 15.6 Å². The van der Waals surface area contributed by atoms with E-state index in [4.69, 9.17) is 9.56 Å². The van der Waals surface area contributed by atoms with Crippen LogP contribution in [0.15, 0.2) is 76.0 Å². The molecular formula is C24H25N5O4S. The molecule has 1 aromatic heterocycles. The highest BCUT2D eigenvalue weighted by Gasteiger charge is 2.14. The number of nitrogens with one attached hydrogen (secondary N) is 2. The number of hydrogen-bond donors (Lipinski definition) is 3. The van der Waals surface area contributed by atoms with E-state index in [9.17, 15) is 13.2 Å². The van der Waals surface area contributed by atoms with Crippen LogP contribution in [-0.2, 0) is 10.0 Å². The van der Waals surface area contributed by atoms with Gasteiger partial charge >= 0.3 is 0 Å². The van der Waals surface area contributed by atoms with Gasteiger partial charge in [0.25, 0.3) is 11.9 Å². The number of para-hydroxylation sites is 1. The number of oxazole rings is 1. The van der Waals surface area contributed by atoms with Crippen molar-refractivity contribution in [1.29, 1.82) is 0 Å². The average Bonchev–Trinajstić information content (AvgIpc) is 3.21. The molecule has 0 spiro atoms. The molecule has 0 aliphatic rings. The molecule has 0 radical (unpaired) electrons. The van der Waals surface area contributed by atoms with Crippen molar-refractivity contribution in [3.63, 3.8) is 0 Å². The molecule has 0 aliphatic heterocycles. The molecule has 0 aliphatic carbocycles. The number of fused-ring (bicyclic) bond motifs is 1. The minimum Gasteiger partial charge on any atom is -0.423 e. The number of aromatic nitrogens is 1. The lowest BCUT2D eigenvalue weighted by atomic mass is 10.1. The fourth-order valence-electron chi connectivity index (χ4n) is 3.38. The number of carbonyl (C=O) groups is 1. The van der Waals surface area contributed by atoms with Gasteiger partial charge in [-0.1, -0.05) is 24.3 Å². The van der Waals surface area contributed by atoms with Crippen LogP contribution in [0.2, 0.25) is 0 Å². The molecule has 10 heteroatoms. The van der Waals surface area contributed by atoms with Crippen molar-refractivity contribution < 1.29 is 17.6 Å². The molecule has 1 amide bonds. The van der Waals surface area contributed by atoms with E-state index >= 15 is 0 Å². The van der Waals surface area contributed by atoms with Gasteiger partial charge in [-0.2, -0.15) is 4.98 Å². The minimum absolute atomic E-state index is 0.0400. The van der Waals surface area contributed by atoms with E-state index in [-0.39, 0.29) is 10.8 Å². The fraction of sp³-hybridized carbons (Fsp3) is 0.167. The maximum atomic E-state index is 12.2. The maximum Gasteiger partial charge on any atom is 0.300 e. The molecule has 0 saturated heterocycles. The summed E-state index contributed by atoms with van der Waals surface area (Å²) in [5, 5.41) is 11.2. The van der Waals surface area contributed by atoms with Crippen LogP contribution in [0.25, 0.3) is 22.2 Å². The molecule has 0 fully saturated rings. The molecule has 176 valence electrons. The molecule has 3 aromatic carbocycles. The number of primary sulfonamides is 1. The third-order valence-corrected chi connectivity index (χ3v) is 6.08. The lowest BCUT2D eigenvalue weighted by molar-refractivity contribution is 0.0951. The van der Waals surface area contributed by atoms with E-state index < -0.39 is 10.0 Å². The van der Waals surface area contributed by atoms with Crippen LogP contribution in [-0.4, -0.2) is 51.4 Å². The van der Waals surface area contributed by atoms with Gasteiger partial charge in [-0.15, -0.1) is 0 Å². The molecule has 34 heavy (non-hydrogen) atoms. The third kappa shape index (κ3) is 5.42. The lowest BCUT2D eigenvalue weighted by Gasteiger charge is -2.10. The summed E-state index contributed by atoms with van der Waals surface area (Å²) in [6.45, 7) is 1.34. The Kier molecular flexibility index (Phi) is 6.64. The first-order valence-electron chi connectivity index (χ1n) is 10.5. The Labute approximate surface area is 197 Å². The van der Waals surface area contributed by atoms with Crippen molar-refractivity contribution >= 4 is 38.7 Å². The summed E-state index contributed by atoms with van der Waals surface area (Å²) >= 11 is 0. The second-order valence-corrected chi connectivity index (χ2v) is 9.57. The number of nitrogens with two attached hydrogens (primary N) is 1. The van der Waals surface area contributed by atoms with Gasteiger partial charge < -0.3 is 20.0 Å². The maximum absolute atomic E-state index is 12.2. The van der Waals surface area contributed by atoms with Crippen molar-refractivity contribution in [2.75, 3.05) is 32.5 Å². The standard InChI is InChI=1S/C24H25N5O4S/c1-29(2)15-14-26-23(30)17-6-10-18(11-7-17)27-24-28-21-5-3-4-20(22(21)33-24)16-8-12-19(13-9-16)34(25,31)32/h3-13H,14-15H2,1-2H3,(H,26,30)(H,27,28)(H2,25,31,32). The second-order valence-electron chi connectivity index (χ2n) is 8.00. The van der Waals surface area contributed by atoms with Crippen molar-refractivity contribution in [3.8, 4) is 11.1 Å². The van der Waals surface area contributed by atoms with Gasteiger partial charge in [0.1, 0.15) is 5.52 Å². The zero-order valence-electron chi connectivity index (χ0n) is 18.8. The molecular weight excluding hydrogens is 454 g/mol. The van der Waals surface area contributed by atoms with E-state index in [0.717, 1.165) is 23.4 Å². The van der Waals surface area contributed by atoms with E-state index in [1.807, 2.05) is 37.2 Å². The van der Waals surface area contributed by atoms with Crippen LogP contribution in [0.3, 0.4) is 0 Å². The summed E-state index contributed by atoms with van der Waals surface area (Å²) in [4.78, 5) is 18.8. The van der Waals surface area contributed by atoms with Gasteiger partial charge in [-0.05, 0) is 62.1 Å². The first-order valence-corrected chi connectivity index (χ1v) is 12.1. The number of hydrogen-bond acceptors (Lipinski definition) is 7. The number of rotatable bonds is 8. The SMILES string of the molecule is CN(C)CCNC(=O)c1ccc(Nc2nc3cccc(-c4ccc(S(N)(=O)=O)cc4)c3o2)cc1. The molecule has 4 aromatic rings. The predicted octanol–water partition coefficient (Wildman–Crippen LogP) is 3.18. The van der Waals surface area contributed by atoms with Crippen LogP contribution in [0.4, 0.5) is 11.7 Å². The molecule has 9 nitrogen and oxygen atoms in total. The monoisotopic (exact) mass is 479 g/mol. The Hall–Kier alpha value is -3.73. The van der Waals surface area contributed by atoms with Crippen molar-refractivity contribution in [2.45, 2.75) is 4.90 Å². The van der Waals surface area contributed by atoms with Crippen LogP contribution >= 0.6 is 0 Å². The van der Waals surface area contributed by atoms with Gasteiger partial charge in [0.15, 0.2) is 5.58 Å². The molecule has 0 saturated carbocycles. The highest BCUT2D eigenvalue weighted by atomic mass is 32.2. The van der Waals surface area contributed by atoms with Crippen molar-refractivity contribution in [2.24, 2.45) is 5.14 Å². The number of carbonyl (C=O) groups excluding carboxylic acids is 1. The number of benzene rings is 3. The topological polar surface area (TPSA) is 131 Å². The quantitative estimate of drug-likeness (QED) is 0.354. The molecule has 4 N–H and O–H groups in total. The van der Waals surface area contributed by atoms with E-state index in [0.29, 0.717) is 29.2 Å². The largest absolute Gasteiger partial charge is 0.423 e. The van der Waals surface area contributed by atoms with Crippen LogP contribution in [0, 0.1) is 0 Å². The second kappa shape index (κ2) is 9.64. The smallest absolute Gasteiger partial charge is 0.300 e. The lowest BCUT2D eigenvalue weighted by Crippen LogP contribution is -2.31. The summed E-state index contributed by atoms with van der Waals surface area (Å²) in [5.74, 6) is -0.131. The Bertz CT molecular complexity index is 1410. The van der Waals surface area contributed by atoms with Crippen LogP contribution in [0.5, 0.6) is 0 Å². The molecule has 0 atom stereocenters. The van der Waals surface area contributed by atoms with E-state index in [1.54, 1.807) is 36.4 Å². The Morgan fingerprint density at radius 2 is 1.74 bits per heavy atom. The summed E-state index contributed by atoms with van der Waals surface area (Å²) in [5.41, 5.74) is 4.02. The number of anilines is 2. The highest BCUT2D eigenvalue weighted by Crippen LogP contribution is 2.32. The zero-order chi connectivity index (χ0) is 24.3. The third-order valence-electron chi connectivity index (χ3n) is 5.15. The summed E-state index contributed by atoms with van der Waals surface area (Å²) in [6.07, 6.45) is 0. The minimum atomic E-state index is -3.76. The Morgan fingerprint density at radius 1 is 1.03 bits per heavy atom. The first-order chi connectivity index (χ1) is 16.2. The predicted molar refractivity (Wildman–Crippen MR) is 131 cm³/mol. The van der Waals surface area contributed by atoms with Gasteiger partial charge in [-0.3, -0.25) is 4.79 Å². The first kappa shape index (κ1) is 23.4. The molecule has 1 heterocycles. The molecule has 4 rings (SSSR count). The van der Waals surface area contributed by atoms with Crippen LogP contribution in [0.1, 0.15) is 10.4 Å². The summed E-state index contributed by atoms with van der Waals surface area (Å²) in [6, 6.07) is 19.1. The number of nitrogens with zero attached hydrogens (tertiary/aromatic N) is 2. The Balaban J connectivity index is 1.51. The number of amides is 1. The van der Waals surface area contributed by atoms with Gasteiger partial charge in [0, 0.05) is 29.9 Å². The normalized spacial score (nSPS) is 11.6. The molecule has 0 bridgehead atoms. The molecule has 0 unspecified atom stereocenters. The fourth-order valence-corrected chi connectivity index (χ4v) is 3.89. The Morgan fingerprint density at radius 3 is 2.38 bits per heavy atom. The van der Waals surface area contributed by atoms with Gasteiger partial charge in [0.2, 0.25) is 10.0 Å². The summed E-state index contributed by atoms with van der Waals surface area (Å²) in [7, 11) is 0.136. The van der Waals surface area contributed by atoms with Crippen molar-refractivity contribution in [3.05, 3.63) is 72.3 Å².